The summed E-state index contributed by atoms with van der Waals surface area (Å²) >= 11 is 0. The van der Waals surface area contributed by atoms with E-state index in [1.807, 2.05) is 19.9 Å². The number of hydrogen-bond acceptors (Lipinski definition) is 4. The zero-order chi connectivity index (χ0) is 15.7. The van der Waals surface area contributed by atoms with E-state index in [4.69, 9.17) is 0 Å². The highest BCUT2D eigenvalue weighted by Crippen LogP contribution is 2.29. The molecule has 1 N–H and O–H groups in total. The summed E-state index contributed by atoms with van der Waals surface area (Å²) in [4.78, 5) is 4.55. The molecule has 1 saturated heterocycles. The van der Waals surface area contributed by atoms with Crippen molar-refractivity contribution in [3.05, 3.63) is 36.2 Å². The molecule has 0 spiro atoms. The van der Waals surface area contributed by atoms with Gasteiger partial charge in [0.2, 0.25) is 10.0 Å². The maximum Gasteiger partial charge on any atom is 0.243 e. The lowest BCUT2D eigenvalue weighted by molar-refractivity contribution is 0.354. The van der Waals surface area contributed by atoms with E-state index >= 15 is 0 Å². The number of sulfonamides is 1. The van der Waals surface area contributed by atoms with Crippen LogP contribution in [0.2, 0.25) is 0 Å². The molecule has 1 aliphatic rings. The second kappa shape index (κ2) is 5.95. The average molecular weight is 318 g/mol. The number of aromatic nitrogens is 1. The third kappa shape index (κ3) is 2.62. The fourth-order valence-corrected chi connectivity index (χ4v) is 5.02. The lowest BCUT2D eigenvalue weighted by Gasteiger charge is -2.26. The fourth-order valence-electron chi connectivity index (χ4n) is 3.06. The Kier molecular flexibility index (Phi) is 4.16. The molecule has 22 heavy (non-hydrogen) atoms. The first-order valence-electron chi connectivity index (χ1n) is 7.57. The minimum absolute atomic E-state index is 0.0510. The summed E-state index contributed by atoms with van der Waals surface area (Å²) in [5, 5.41) is 4.93. The van der Waals surface area contributed by atoms with Gasteiger partial charge in [0.25, 0.3) is 0 Å². The van der Waals surface area contributed by atoms with Crippen molar-refractivity contribution in [2.24, 2.45) is 0 Å². The number of aryl methyl sites for hydroxylation is 1. The molecule has 0 saturated carbocycles. The van der Waals surface area contributed by atoms with Gasteiger partial charge < -0.3 is 5.32 Å². The van der Waals surface area contributed by atoms with E-state index in [1.165, 1.54) is 0 Å². The number of fused-ring (bicyclic) bond motifs is 1. The Bertz CT molecular complexity index is 784. The van der Waals surface area contributed by atoms with Gasteiger partial charge in [0.15, 0.2) is 0 Å². The van der Waals surface area contributed by atoms with E-state index in [9.17, 15) is 8.42 Å². The largest absolute Gasteiger partial charge is 0.315 e. The highest BCUT2D eigenvalue weighted by atomic mass is 32.2. The van der Waals surface area contributed by atoms with Crippen LogP contribution in [0.1, 0.15) is 18.9 Å². The Labute approximate surface area is 131 Å². The molecule has 1 fully saturated rings. The van der Waals surface area contributed by atoms with Gasteiger partial charge in [-0.3, -0.25) is 4.98 Å². The number of nitrogens with one attached hydrogen (secondary N) is 1. The molecule has 0 unspecified atom stereocenters. The van der Waals surface area contributed by atoms with Crippen molar-refractivity contribution >= 4 is 20.8 Å². The van der Waals surface area contributed by atoms with Gasteiger partial charge in [-0.1, -0.05) is 12.1 Å². The van der Waals surface area contributed by atoms with E-state index in [1.54, 1.807) is 28.8 Å². The van der Waals surface area contributed by atoms with Crippen LogP contribution in [0.5, 0.6) is 0 Å². The number of rotatable bonds is 2. The molecular formula is C16H21N3O2S. The lowest BCUT2D eigenvalue weighted by atomic mass is 9.99. The molecule has 2 aromatic rings. The van der Waals surface area contributed by atoms with Gasteiger partial charge in [-0.15, -0.1) is 0 Å². The molecule has 1 atom stereocenters. The summed E-state index contributed by atoms with van der Waals surface area (Å²) < 4.78 is 28.0. The van der Waals surface area contributed by atoms with E-state index in [0.29, 0.717) is 18.0 Å². The van der Waals surface area contributed by atoms with Crippen LogP contribution in [0.25, 0.3) is 10.8 Å². The summed E-state index contributed by atoms with van der Waals surface area (Å²) in [7, 11) is -3.52. The molecule has 5 nitrogen and oxygen atoms in total. The zero-order valence-electron chi connectivity index (χ0n) is 12.9. The van der Waals surface area contributed by atoms with E-state index < -0.39 is 10.0 Å². The standard InChI is InChI=1S/C16H21N3O2S/c1-12-9-18-11-14-5-3-6-15(16(12)14)22(20,21)19-8-4-7-17-10-13(19)2/h3,5-6,9,11,13,17H,4,7-8,10H2,1-2H3/t13-/m0/s1/i1-1. The van der Waals surface area contributed by atoms with Crippen molar-refractivity contribution in [3.8, 4) is 0 Å². The molecule has 3 rings (SSSR count). The second-order valence-electron chi connectivity index (χ2n) is 5.83. The van der Waals surface area contributed by atoms with Crippen LogP contribution in [0.4, 0.5) is 0 Å². The quantitative estimate of drug-likeness (QED) is 0.919. The third-order valence-electron chi connectivity index (χ3n) is 4.18. The van der Waals surface area contributed by atoms with Gasteiger partial charge in [-0.25, -0.2) is 8.42 Å². The fraction of sp³-hybridized carbons (Fsp3) is 0.438. The van der Waals surface area contributed by atoms with Crippen LogP contribution >= 0.6 is 0 Å². The second-order valence-corrected chi connectivity index (χ2v) is 7.69. The Morgan fingerprint density at radius 1 is 1.32 bits per heavy atom. The minimum Gasteiger partial charge on any atom is -0.315 e. The van der Waals surface area contributed by atoms with E-state index in [-0.39, 0.29) is 6.04 Å². The van der Waals surface area contributed by atoms with Gasteiger partial charge in [0.05, 0.1) is 4.90 Å². The Morgan fingerprint density at radius 2 is 2.14 bits per heavy atom. The molecule has 0 amide bonds. The van der Waals surface area contributed by atoms with Crippen molar-refractivity contribution in [2.75, 3.05) is 19.6 Å². The van der Waals surface area contributed by atoms with Crippen LogP contribution in [0, 0.1) is 6.92 Å². The van der Waals surface area contributed by atoms with Gasteiger partial charge in [-0.2, -0.15) is 4.31 Å². The van der Waals surface area contributed by atoms with Crippen molar-refractivity contribution in [2.45, 2.75) is 31.2 Å². The summed E-state index contributed by atoms with van der Waals surface area (Å²) in [6.07, 6.45) is 4.26. The van der Waals surface area contributed by atoms with Gasteiger partial charge >= 0.3 is 0 Å². The van der Waals surface area contributed by atoms with Crippen LogP contribution in [0.15, 0.2) is 35.5 Å². The average Bonchev–Trinajstić information content (AvgIpc) is 2.72. The number of benzene rings is 1. The highest BCUT2D eigenvalue weighted by Gasteiger charge is 2.31. The first kappa shape index (κ1) is 15.4. The molecule has 2 heterocycles. The van der Waals surface area contributed by atoms with Gasteiger partial charge in [0.1, 0.15) is 0 Å². The number of nitrogens with zero attached hydrogens (tertiary/aromatic N) is 2. The molecule has 118 valence electrons. The maximum absolute atomic E-state index is 13.2. The van der Waals surface area contributed by atoms with E-state index in [2.05, 4.69) is 10.3 Å². The topological polar surface area (TPSA) is 62.3 Å². The van der Waals surface area contributed by atoms with Gasteiger partial charge in [0, 0.05) is 42.3 Å². The van der Waals surface area contributed by atoms with Crippen LogP contribution in [0.3, 0.4) is 0 Å². The van der Waals surface area contributed by atoms with Crippen molar-refractivity contribution < 1.29 is 8.42 Å². The first-order valence-corrected chi connectivity index (χ1v) is 9.01. The molecule has 6 heteroatoms. The summed E-state index contributed by atoms with van der Waals surface area (Å²) in [6.45, 7) is 5.95. The first-order chi connectivity index (χ1) is 10.5. The van der Waals surface area contributed by atoms with E-state index in [0.717, 1.165) is 29.3 Å². The van der Waals surface area contributed by atoms with Gasteiger partial charge in [-0.05, 0) is 38.4 Å². The summed E-state index contributed by atoms with van der Waals surface area (Å²) in [5.74, 6) is 0. The molecule has 0 aliphatic carbocycles. The monoisotopic (exact) mass is 318 g/mol. The predicted octanol–water partition coefficient (Wildman–Crippen LogP) is 1.92. The van der Waals surface area contributed by atoms with Crippen LogP contribution < -0.4 is 5.32 Å². The number of pyridine rings is 1. The van der Waals surface area contributed by atoms with Crippen molar-refractivity contribution in [3.63, 3.8) is 0 Å². The molecule has 0 radical (unpaired) electrons. The Morgan fingerprint density at radius 3 is 2.95 bits per heavy atom. The molecule has 0 bridgehead atoms. The summed E-state index contributed by atoms with van der Waals surface area (Å²) in [6, 6.07) is 5.35. The Balaban J connectivity index is 2.17. The van der Waals surface area contributed by atoms with Crippen molar-refractivity contribution in [1.82, 2.24) is 14.6 Å². The maximum atomic E-state index is 13.2. The van der Waals surface area contributed by atoms with Crippen LogP contribution in [-0.2, 0) is 10.0 Å². The molecule has 1 aliphatic heterocycles. The Hall–Kier alpha value is -1.50. The smallest absolute Gasteiger partial charge is 0.243 e. The third-order valence-corrected chi connectivity index (χ3v) is 6.24. The predicted molar refractivity (Wildman–Crippen MR) is 87.3 cm³/mol. The number of hydrogen-bond donors (Lipinski definition) is 1. The molecule has 1 aromatic carbocycles. The molecular weight excluding hydrogens is 297 g/mol. The van der Waals surface area contributed by atoms with Crippen LogP contribution in [-0.4, -0.2) is 43.4 Å². The SMILES string of the molecule is C[C@H]1CNCCCN1S(=O)(=O)c1cccc2cncc([11CH3])c12. The lowest BCUT2D eigenvalue weighted by Crippen LogP contribution is -2.41. The zero-order valence-corrected chi connectivity index (χ0v) is 13.7. The normalized spacial score (nSPS) is 20.9. The molecule has 1 aromatic heterocycles. The highest BCUT2D eigenvalue weighted by molar-refractivity contribution is 7.89. The van der Waals surface area contributed by atoms with Crippen molar-refractivity contribution in [1.29, 1.82) is 0 Å². The summed E-state index contributed by atoms with van der Waals surface area (Å²) in [5.41, 5.74) is 0.886. The minimum atomic E-state index is -3.52.